The van der Waals surface area contributed by atoms with Gasteiger partial charge in [-0.1, -0.05) is 0 Å². The second-order valence-electron chi connectivity index (χ2n) is 6.24. The van der Waals surface area contributed by atoms with Crippen molar-refractivity contribution in [3.8, 4) is 11.7 Å². The fraction of sp³-hybridized carbons (Fsp3) is 0.500. The van der Waals surface area contributed by atoms with Crippen molar-refractivity contribution >= 4 is 0 Å². The van der Waals surface area contributed by atoms with Crippen LogP contribution < -0.4 is 5.32 Å². The Bertz CT molecular complexity index is 833. The van der Waals surface area contributed by atoms with Crippen LogP contribution in [0.2, 0.25) is 0 Å². The molecule has 1 N–H and O–H groups in total. The summed E-state index contributed by atoms with van der Waals surface area (Å²) in [5.74, 6) is 4.28. The van der Waals surface area contributed by atoms with Crippen molar-refractivity contribution in [3.05, 3.63) is 35.4 Å². The Labute approximate surface area is 139 Å². The van der Waals surface area contributed by atoms with Crippen molar-refractivity contribution in [3.63, 3.8) is 0 Å². The Morgan fingerprint density at radius 3 is 3.00 bits per heavy atom. The molecular formula is C16H20N6O2. The molecule has 3 aromatic rings. The van der Waals surface area contributed by atoms with Crippen LogP contribution in [0.3, 0.4) is 0 Å². The maximum Gasteiger partial charge on any atom is 0.283 e. The highest BCUT2D eigenvalue weighted by molar-refractivity contribution is 5.49. The van der Waals surface area contributed by atoms with E-state index in [2.05, 4.69) is 30.3 Å². The molecule has 0 spiro atoms. The largest absolute Gasteiger partial charge is 0.459 e. The zero-order valence-corrected chi connectivity index (χ0v) is 13.8. The van der Waals surface area contributed by atoms with Crippen molar-refractivity contribution in [2.24, 2.45) is 5.92 Å². The molecule has 1 atom stereocenters. The van der Waals surface area contributed by atoms with E-state index in [0.717, 1.165) is 43.1 Å². The number of nitrogens with one attached hydrogen (secondary N) is 1. The first-order valence-electron chi connectivity index (χ1n) is 8.17. The third-order valence-electron chi connectivity index (χ3n) is 4.46. The van der Waals surface area contributed by atoms with Gasteiger partial charge in [0.1, 0.15) is 11.6 Å². The summed E-state index contributed by atoms with van der Waals surface area (Å²) in [5.41, 5.74) is 0.987. The molecule has 0 bridgehead atoms. The van der Waals surface area contributed by atoms with Gasteiger partial charge in [-0.15, -0.1) is 20.4 Å². The molecule has 0 saturated heterocycles. The van der Waals surface area contributed by atoms with Crippen LogP contribution in [0.4, 0.5) is 0 Å². The number of aryl methyl sites for hydroxylation is 3. The molecule has 4 heterocycles. The van der Waals surface area contributed by atoms with E-state index in [0.29, 0.717) is 30.0 Å². The van der Waals surface area contributed by atoms with Crippen molar-refractivity contribution in [2.75, 3.05) is 6.54 Å². The number of nitrogens with zero attached hydrogens (tertiary/aromatic N) is 5. The van der Waals surface area contributed by atoms with Gasteiger partial charge in [0.15, 0.2) is 5.76 Å². The monoisotopic (exact) mass is 328 g/mol. The predicted octanol–water partition coefficient (Wildman–Crippen LogP) is 1.89. The van der Waals surface area contributed by atoms with Gasteiger partial charge in [0, 0.05) is 25.1 Å². The fourth-order valence-corrected chi connectivity index (χ4v) is 3.09. The summed E-state index contributed by atoms with van der Waals surface area (Å²) in [6, 6.07) is 1.88. The van der Waals surface area contributed by atoms with E-state index in [4.69, 9.17) is 8.83 Å². The highest BCUT2D eigenvalue weighted by Crippen LogP contribution is 2.23. The molecule has 4 rings (SSSR count). The number of furan rings is 1. The highest BCUT2D eigenvalue weighted by Gasteiger charge is 2.21. The molecular weight excluding hydrogens is 308 g/mol. The van der Waals surface area contributed by atoms with Crippen LogP contribution in [0.5, 0.6) is 0 Å². The number of rotatable bonds is 5. The molecule has 0 amide bonds. The Kier molecular flexibility index (Phi) is 3.89. The van der Waals surface area contributed by atoms with E-state index in [1.165, 1.54) is 0 Å². The van der Waals surface area contributed by atoms with Gasteiger partial charge in [0.2, 0.25) is 5.89 Å². The average molecular weight is 328 g/mol. The first-order chi connectivity index (χ1) is 11.7. The number of fused-ring (bicyclic) bond motifs is 1. The van der Waals surface area contributed by atoms with E-state index >= 15 is 0 Å². The molecule has 1 unspecified atom stereocenters. The summed E-state index contributed by atoms with van der Waals surface area (Å²) in [7, 11) is 0. The summed E-state index contributed by atoms with van der Waals surface area (Å²) >= 11 is 0. The molecule has 8 heteroatoms. The first kappa shape index (κ1) is 15.1. The van der Waals surface area contributed by atoms with Crippen LogP contribution in [-0.4, -0.2) is 31.5 Å². The molecule has 1 aliphatic rings. The average Bonchev–Trinajstić information content (AvgIpc) is 3.29. The highest BCUT2D eigenvalue weighted by atomic mass is 16.4. The van der Waals surface area contributed by atoms with Gasteiger partial charge in [-0.05, 0) is 32.3 Å². The Morgan fingerprint density at radius 1 is 1.25 bits per heavy atom. The Morgan fingerprint density at radius 2 is 2.17 bits per heavy atom. The predicted molar refractivity (Wildman–Crippen MR) is 85.0 cm³/mol. The molecule has 0 aromatic carbocycles. The standard InChI is InChI=1S/C16H20N6O2/c1-10-5-6-23-15(10)16-21-20-14(24-16)8-17-7-12-3-4-13-19-18-11(2)22(13)9-12/h5-6,12,17H,3-4,7-9H2,1-2H3. The minimum Gasteiger partial charge on any atom is -0.459 e. The lowest BCUT2D eigenvalue weighted by Crippen LogP contribution is -2.30. The Balaban J connectivity index is 1.32. The van der Waals surface area contributed by atoms with Gasteiger partial charge in [-0.2, -0.15) is 0 Å². The van der Waals surface area contributed by atoms with Gasteiger partial charge in [0.05, 0.1) is 12.8 Å². The summed E-state index contributed by atoms with van der Waals surface area (Å²) in [5, 5.41) is 19.9. The summed E-state index contributed by atoms with van der Waals surface area (Å²) in [4.78, 5) is 0. The quantitative estimate of drug-likeness (QED) is 0.764. The van der Waals surface area contributed by atoms with E-state index < -0.39 is 0 Å². The summed E-state index contributed by atoms with van der Waals surface area (Å²) in [6.07, 6.45) is 3.72. The van der Waals surface area contributed by atoms with Crippen LogP contribution in [0, 0.1) is 19.8 Å². The van der Waals surface area contributed by atoms with Gasteiger partial charge in [-0.25, -0.2) is 0 Å². The van der Waals surface area contributed by atoms with Crippen LogP contribution >= 0.6 is 0 Å². The second-order valence-corrected chi connectivity index (χ2v) is 6.24. The Hall–Kier alpha value is -2.48. The third-order valence-corrected chi connectivity index (χ3v) is 4.46. The van der Waals surface area contributed by atoms with E-state index in [1.54, 1.807) is 6.26 Å². The molecule has 0 aliphatic carbocycles. The van der Waals surface area contributed by atoms with Crippen molar-refractivity contribution in [1.82, 2.24) is 30.3 Å². The number of aromatic nitrogens is 5. The molecule has 1 aliphatic heterocycles. The molecule has 24 heavy (non-hydrogen) atoms. The lowest BCUT2D eigenvalue weighted by molar-refractivity contribution is 0.337. The van der Waals surface area contributed by atoms with E-state index in [1.807, 2.05) is 19.9 Å². The first-order valence-corrected chi connectivity index (χ1v) is 8.17. The summed E-state index contributed by atoms with van der Waals surface area (Å²) < 4.78 is 13.2. The zero-order chi connectivity index (χ0) is 16.5. The van der Waals surface area contributed by atoms with Crippen LogP contribution in [0.25, 0.3) is 11.7 Å². The van der Waals surface area contributed by atoms with Crippen molar-refractivity contribution in [1.29, 1.82) is 0 Å². The summed E-state index contributed by atoms with van der Waals surface area (Å²) in [6.45, 7) is 6.36. The SMILES string of the molecule is Cc1ccoc1-c1nnc(CNCC2CCc3nnc(C)n3C2)o1. The van der Waals surface area contributed by atoms with Crippen molar-refractivity contribution < 1.29 is 8.83 Å². The van der Waals surface area contributed by atoms with E-state index in [9.17, 15) is 0 Å². The molecule has 126 valence electrons. The lowest BCUT2D eigenvalue weighted by Gasteiger charge is -2.23. The molecule has 0 fully saturated rings. The van der Waals surface area contributed by atoms with Crippen LogP contribution in [-0.2, 0) is 19.5 Å². The topological polar surface area (TPSA) is 94.8 Å². The maximum absolute atomic E-state index is 5.66. The van der Waals surface area contributed by atoms with Crippen molar-refractivity contribution in [2.45, 2.75) is 39.8 Å². The smallest absolute Gasteiger partial charge is 0.283 e. The third kappa shape index (κ3) is 2.84. The minimum absolute atomic E-state index is 0.428. The normalized spacial score (nSPS) is 17.2. The van der Waals surface area contributed by atoms with Gasteiger partial charge in [0.25, 0.3) is 5.89 Å². The van der Waals surface area contributed by atoms with Gasteiger partial charge < -0.3 is 18.7 Å². The van der Waals surface area contributed by atoms with Gasteiger partial charge >= 0.3 is 0 Å². The van der Waals surface area contributed by atoms with Crippen LogP contribution in [0.15, 0.2) is 21.2 Å². The zero-order valence-electron chi connectivity index (χ0n) is 13.8. The molecule has 0 saturated carbocycles. The number of hydrogen-bond acceptors (Lipinski definition) is 7. The van der Waals surface area contributed by atoms with Gasteiger partial charge in [-0.3, -0.25) is 0 Å². The minimum atomic E-state index is 0.428. The maximum atomic E-state index is 5.66. The second kappa shape index (κ2) is 6.20. The molecule has 8 nitrogen and oxygen atoms in total. The fourth-order valence-electron chi connectivity index (χ4n) is 3.09. The lowest BCUT2D eigenvalue weighted by atomic mass is 9.99. The van der Waals surface area contributed by atoms with E-state index in [-0.39, 0.29) is 0 Å². The molecule has 0 radical (unpaired) electrons. The van der Waals surface area contributed by atoms with Crippen LogP contribution in [0.1, 0.15) is 29.5 Å². The molecule has 3 aromatic heterocycles. The number of hydrogen-bond donors (Lipinski definition) is 1.